The summed E-state index contributed by atoms with van der Waals surface area (Å²) in [6.45, 7) is 12.2. The first-order chi connectivity index (χ1) is 16.4. The van der Waals surface area contributed by atoms with E-state index in [-0.39, 0.29) is 29.3 Å². The van der Waals surface area contributed by atoms with E-state index in [1.807, 2.05) is 32.2 Å². The summed E-state index contributed by atoms with van der Waals surface area (Å²) in [7, 11) is 3.21. The van der Waals surface area contributed by atoms with E-state index in [0.29, 0.717) is 24.2 Å². The number of methoxy groups -OCH3 is 2. The van der Waals surface area contributed by atoms with Gasteiger partial charge >= 0.3 is 5.97 Å². The van der Waals surface area contributed by atoms with Crippen molar-refractivity contribution in [2.24, 2.45) is 11.8 Å². The summed E-state index contributed by atoms with van der Waals surface area (Å²) in [5, 5.41) is 13.2. The average Bonchev–Trinajstić information content (AvgIpc) is 3.43. The maximum Gasteiger partial charge on any atom is 0.329 e. The molecule has 8 heteroatoms. The molecular weight excluding hydrogens is 464 g/mol. The first kappa shape index (κ1) is 27.1. The Bertz CT molecular complexity index is 1050. The van der Waals surface area contributed by atoms with E-state index in [1.165, 1.54) is 11.3 Å². The third-order valence-electron chi connectivity index (χ3n) is 7.02. The predicted molar refractivity (Wildman–Crippen MR) is 137 cm³/mol. The highest BCUT2D eigenvalue weighted by atomic mass is 32.1. The molecule has 0 saturated carbocycles. The molecule has 4 atom stereocenters. The molecule has 0 aliphatic carbocycles. The van der Waals surface area contributed by atoms with Gasteiger partial charge in [-0.05, 0) is 48.8 Å². The normalized spacial score (nSPS) is 23.5. The molecule has 2 aromatic rings. The van der Waals surface area contributed by atoms with Crippen molar-refractivity contribution in [3.63, 3.8) is 0 Å². The number of carboxylic acid groups (broad SMARTS) is 1. The summed E-state index contributed by atoms with van der Waals surface area (Å²) in [6, 6.07) is 4.90. The number of carbonyl (C=O) groups is 2. The van der Waals surface area contributed by atoms with E-state index in [9.17, 15) is 14.7 Å². The van der Waals surface area contributed by atoms with E-state index in [0.717, 1.165) is 10.6 Å². The van der Waals surface area contributed by atoms with Gasteiger partial charge in [-0.1, -0.05) is 40.7 Å². The Labute approximate surface area is 212 Å². The number of carbonyl (C=O) groups excluding carboxylic acids is 1. The van der Waals surface area contributed by atoms with Gasteiger partial charge in [-0.3, -0.25) is 4.79 Å². The SMILES string of the molecule is COc1cc(C(=O)N2[C@@H](c3nccs3)[C@H](C(C)OC)C[C@@]2(CC(C)C)C(=O)O)ccc1C(C)(C)C. The van der Waals surface area contributed by atoms with Gasteiger partial charge < -0.3 is 19.5 Å². The van der Waals surface area contributed by atoms with Gasteiger partial charge in [-0.25, -0.2) is 9.78 Å². The number of ether oxygens (including phenoxy) is 2. The molecule has 1 saturated heterocycles. The number of aromatic nitrogens is 1. The van der Waals surface area contributed by atoms with Crippen LogP contribution in [0.5, 0.6) is 5.75 Å². The van der Waals surface area contributed by atoms with E-state index in [2.05, 4.69) is 25.8 Å². The molecule has 35 heavy (non-hydrogen) atoms. The summed E-state index contributed by atoms with van der Waals surface area (Å²) in [4.78, 5) is 33.4. The zero-order chi connectivity index (χ0) is 26.1. The van der Waals surface area contributed by atoms with E-state index in [1.54, 1.807) is 37.4 Å². The molecule has 1 aromatic carbocycles. The molecular formula is C27H38N2O5S. The number of hydrogen-bond donors (Lipinski definition) is 1. The molecule has 1 aliphatic rings. The molecule has 0 bridgehead atoms. The quantitative estimate of drug-likeness (QED) is 0.509. The van der Waals surface area contributed by atoms with Gasteiger partial charge in [0.25, 0.3) is 5.91 Å². The molecule has 1 unspecified atom stereocenters. The molecule has 1 aromatic heterocycles. The number of aliphatic carboxylic acids is 1. The van der Waals surface area contributed by atoms with Crippen molar-refractivity contribution in [2.45, 2.75) is 77.5 Å². The Balaban J connectivity index is 2.23. The number of nitrogens with zero attached hydrogens (tertiary/aromatic N) is 2. The molecule has 1 amide bonds. The fraction of sp³-hybridized carbons (Fsp3) is 0.593. The van der Waals surface area contributed by atoms with Gasteiger partial charge in [0, 0.05) is 30.2 Å². The van der Waals surface area contributed by atoms with Gasteiger partial charge in [0.05, 0.1) is 19.3 Å². The molecule has 1 aliphatic heterocycles. The second kappa shape index (κ2) is 10.3. The lowest BCUT2D eigenvalue weighted by molar-refractivity contribution is -0.150. The monoisotopic (exact) mass is 502 g/mol. The minimum atomic E-state index is -1.38. The van der Waals surface area contributed by atoms with Crippen LogP contribution in [-0.2, 0) is 14.9 Å². The molecule has 0 spiro atoms. The smallest absolute Gasteiger partial charge is 0.329 e. The van der Waals surface area contributed by atoms with Crippen LogP contribution < -0.4 is 4.74 Å². The largest absolute Gasteiger partial charge is 0.496 e. The number of carboxylic acids is 1. The maximum atomic E-state index is 14.3. The Kier molecular flexibility index (Phi) is 7.96. The van der Waals surface area contributed by atoms with Crippen molar-refractivity contribution in [2.75, 3.05) is 14.2 Å². The van der Waals surface area contributed by atoms with Crippen molar-refractivity contribution in [3.05, 3.63) is 45.9 Å². The molecule has 192 valence electrons. The zero-order valence-corrected chi connectivity index (χ0v) is 22.8. The number of hydrogen-bond acceptors (Lipinski definition) is 6. The summed E-state index contributed by atoms with van der Waals surface area (Å²) in [5.74, 6) is -0.878. The molecule has 3 rings (SSSR count). The van der Waals surface area contributed by atoms with Crippen molar-refractivity contribution in [1.29, 1.82) is 0 Å². The first-order valence-electron chi connectivity index (χ1n) is 12.0. The van der Waals surface area contributed by atoms with Gasteiger partial charge in [-0.2, -0.15) is 0 Å². The fourth-order valence-corrected chi connectivity index (χ4v) is 6.17. The van der Waals surface area contributed by atoms with Crippen LogP contribution in [0.3, 0.4) is 0 Å². The minimum Gasteiger partial charge on any atom is -0.496 e. The number of amides is 1. The van der Waals surface area contributed by atoms with Gasteiger partial charge in [-0.15, -0.1) is 11.3 Å². The number of thiazole rings is 1. The Hall–Kier alpha value is -2.45. The Morgan fingerprint density at radius 3 is 2.43 bits per heavy atom. The molecule has 7 nitrogen and oxygen atoms in total. The van der Waals surface area contributed by atoms with Gasteiger partial charge in [0.2, 0.25) is 0 Å². The Morgan fingerprint density at radius 2 is 1.94 bits per heavy atom. The highest BCUT2D eigenvalue weighted by molar-refractivity contribution is 7.09. The van der Waals surface area contributed by atoms with E-state index >= 15 is 0 Å². The van der Waals surface area contributed by atoms with Crippen LogP contribution in [0.2, 0.25) is 0 Å². The summed E-state index contributed by atoms with van der Waals surface area (Å²) >= 11 is 1.43. The second-order valence-corrected chi connectivity index (χ2v) is 11.8. The summed E-state index contributed by atoms with van der Waals surface area (Å²) in [6.07, 6.45) is 2.06. The van der Waals surface area contributed by atoms with Crippen molar-refractivity contribution >= 4 is 23.2 Å². The van der Waals surface area contributed by atoms with Crippen LogP contribution in [0.4, 0.5) is 0 Å². The lowest BCUT2D eigenvalue weighted by Gasteiger charge is -2.39. The number of rotatable bonds is 8. The van der Waals surface area contributed by atoms with Gasteiger partial charge in [0.15, 0.2) is 0 Å². The topological polar surface area (TPSA) is 89.0 Å². The third kappa shape index (κ3) is 5.09. The summed E-state index contributed by atoms with van der Waals surface area (Å²) in [5.41, 5.74) is -0.177. The van der Waals surface area contributed by atoms with Crippen LogP contribution in [0.25, 0.3) is 0 Å². The molecule has 0 radical (unpaired) electrons. The van der Waals surface area contributed by atoms with E-state index in [4.69, 9.17) is 9.47 Å². The van der Waals surface area contributed by atoms with Crippen molar-refractivity contribution in [3.8, 4) is 5.75 Å². The highest BCUT2D eigenvalue weighted by Crippen LogP contribution is 2.52. The third-order valence-corrected chi connectivity index (χ3v) is 7.86. The lowest BCUT2D eigenvalue weighted by atomic mass is 9.82. The van der Waals surface area contributed by atoms with Crippen molar-refractivity contribution in [1.82, 2.24) is 9.88 Å². The second-order valence-electron chi connectivity index (χ2n) is 10.9. The molecule has 2 heterocycles. The fourth-order valence-electron chi connectivity index (χ4n) is 5.37. The standard InChI is InChI=1S/C27H38N2O5S/c1-16(2)14-27(25(31)32)15-19(17(3)33-7)22(23-28-11-12-35-23)29(27)24(30)18-9-10-20(26(4,5)6)21(13-18)34-8/h9-13,16-17,19,22H,14-15H2,1-8H3,(H,31,32)/t17?,19-,22+,27-/m0/s1. The van der Waals surface area contributed by atoms with Crippen molar-refractivity contribution < 1.29 is 24.2 Å². The highest BCUT2D eigenvalue weighted by Gasteiger charge is 2.60. The minimum absolute atomic E-state index is 0.0627. The maximum absolute atomic E-state index is 14.3. The van der Waals surface area contributed by atoms with Crippen LogP contribution >= 0.6 is 11.3 Å². The zero-order valence-electron chi connectivity index (χ0n) is 22.0. The number of likely N-dealkylation sites (tertiary alicyclic amines) is 1. The first-order valence-corrected chi connectivity index (χ1v) is 12.9. The van der Waals surface area contributed by atoms with Crippen LogP contribution in [0, 0.1) is 11.8 Å². The van der Waals surface area contributed by atoms with Gasteiger partial charge in [0.1, 0.15) is 16.3 Å². The average molecular weight is 503 g/mol. The number of benzene rings is 1. The van der Waals surface area contributed by atoms with E-state index < -0.39 is 17.6 Å². The van der Waals surface area contributed by atoms with Crippen LogP contribution in [-0.4, -0.2) is 52.7 Å². The van der Waals surface area contributed by atoms with Crippen LogP contribution in [0.1, 0.15) is 81.4 Å². The predicted octanol–water partition coefficient (Wildman–Crippen LogP) is 5.56. The Morgan fingerprint density at radius 1 is 1.26 bits per heavy atom. The molecule has 1 N–H and O–H groups in total. The molecule has 1 fully saturated rings. The van der Waals surface area contributed by atoms with Crippen LogP contribution in [0.15, 0.2) is 29.8 Å². The lowest BCUT2D eigenvalue weighted by Crippen LogP contribution is -2.54. The summed E-state index contributed by atoms with van der Waals surface area (Å²) < 4.78 is 11.3.